The van der Waals surface area contributed by atoms with Crippen LogP contribution in [0, 0.1) is 6.92 Å². The Hall–Kier alpha value is -3.13. The normalized spacial score (nSPS) is 10.9. The number of benzene rings is 3. The summed E-state index contributed by atoms with van der Waals surface area (Å²) < 4.78 is 6.15. The first kappa shape index (κ1) is 14.5. The molecule has 0 atom stereocenters. The molecule has 2 heteroatoms. The highest BCUT2D eigenvalue weighted by Crippen LogP contribution is 2.32. The Kier molecular flexibility index (Phi) is 3.51. The Balaban J connectivity index is 2.11. The largest absolute Gasteiger partial charge is 0.455 e. The molecule has 2 nitrogen and oxygen atoms in total. The molecule has 1 aromatic heterocycles. The van der Waals surface area contributed by atoms with Crippen molar-refractivity contribution in [3.8, 4) is 22.5 Å². The van der Waals surface area contributed by atoms with E-state index in [0.717, 1.165) is 11.1 Å². The molecule has 0 aliphatic carbocycles. The van der Waals surface area contributed by atoms with Gasteiger partial charge in [-0.15, -0.1) is 0 Å². The second-order valence-electron chi connectivity index (χ2n) is 5.86. The van der Waals surface area contributed by atoms with Crippen LogP contribution in [-0.2, 0) is 0 Å². The summed E-state index contributed by atoms with van der Waals surface area (Å²) in [7, 11) is 0. The summed E-state index contributed by atoms with van der Waals surface area (Å²) in [4.78, 5) is 13.1. The van der Waals surface area contributed by atoms with Crippen molar-refractivity contribution in [1.82, 2.24) is 0 Å². The van der Waals surface area contributed by atoms with E-state index in [1.165, 1.54) is 5.56 Å². The van der Waals surface area contributed by atoms with E-state index in [1.54, 1.807) is 0 Å². The van der Waals surface area contributed by atoms with E-state index in [2.05, 4.69) is 0 Å². The molecular formula is C22H16O2. The van der Waals surface area contributed by atoms with Crippen molar-refractivity contribution in [3.05, 3.63) is 94.6 Å². The number of hydrogen-bond acceptors (Lipinski definition) is 2. The molecule has 3 aromatic carbocycles. The highest BCUT2D eigenvalue weighted by atomic mass is 16.3. The van der Waals surface area contributed by atoms with Gasteiger partial charge in [0.15, 0.2) is 0 Å². The molecule has 0 radical (unpaired) electrons. The molecule has 24 heavy (non-hydrogen) atoms. The van der Waals surface area contributed by atoms with Gasteiger partial charge in [-0.2, -0.15) is 0 Å². The van der Waals surface area contributed by atoms with Gasteiger partial charge in [-0.05, 0) is 24.6 Å². The maximum absolute atomic E-state index is 13.1. The molecule has 0 aliphatic heterocycles. The molecule has 0 N–H and O–H groups in total. The fraction of sp³-hybridized carbons (Fsp3) is 0.0455. The van der Waals surface area contributed by atoms with Crippen LogP contribution < -0.4 is 5.43 Å². The molecule has 0 spiro atoms. The lowest BCUT2D eigenvalue weighted by atomic mass is 9.98. The average molecular weight is 312 g/mol. The second kappa shape index (κ2) is 5.82. The Morgan fingerprint density at radius 1 is 0.708 bits per heavy atom. The van der Waals surface area contributed by atoms with E-state index >= 15 is 0 Å². The van der Waals surface area contributed by atoms with Crippen LogP contribution in [0.4, 0.5) is 0 Å². The van der Waals surface area contributed by atoms with Gasteiger partial charge in [0.1, 0.15) is 11.3 Å². The molecule has 0 unspecified atom stereocenters. The van der Waals surface area contributed by atoms with Gasteiger partial charge in [0.2, 0.25) is 5.43 Å². The van der Waals surface area contributed by atoms with Crippen molar-refractivity contribution in [2.24, 2.45) is 0 Å². The third kappa shape index (κ3) is 2.42. The van der Waals surface area contributed by atoms with E-state index in [-0.39, 0.29) is 5.43 Å². The lowest BCUT2D eigenvalue weighted by Gasteiger charge is -2.10. The van der Waals surface area contributed by atoms with Crippen LogP contribution in [0.1, 0.15) is 5.56 Å². The van der Waals surface area contributed by atoms with E-state index in [1.807, 2.05) is 85.8 Å². The minimum absolute atomic E-state index is 0.00127. The molecule has 0 aliphatic rings. The van der Waals surface area contributed by atoms with E-state index in [9.17, 15) is 4.79 Å². The van der Waals surface area contributed by atoms with Crippen LogP contribution in [-0.4, -0.2) is 0 Å². The minimum Gasteiger partial charge on any atom is -0.455 e. The fourth-order valence-corrected chi connectivity index (χ4v) is 2.92. The number of rotatable bonds is 2. The summed E-state index contributed by atoms with van der Waals surface area (Å²) in [6, 6.07) is 25.1. The quantitative estimate of drug-likeness (QED) is 0.493. The number of para-hydroxylation sites is 1. The smallest absolute Gasteiger partial charge is 0.201 e. The van der Waals surface area contributed by atoms with Gasteiger partial charge in [0, 0.05) is 5.56 Å². The number of aryl methyl sites for hydroxylation is 1. The SMILES string of the molecule is Cc1ccc(-c2oc3ccccc3c(=O)c2-c2ccccc2)cc1. The fourth-order valence-electron chi connectivity index (χ4n) is 2.92. The average Bonchev–Trinajstić information content (AvgIpc) is 2.63. The van der Waals surface area contributed by atoms with Crippen LogP contribution in [0.25, 0.3) is 33.4 Å². The predicted octanol–water partition coefficient (Wildman–Crippen LogP) is 5.44. The molecule has 4 aromatic rings. The summed E-state index contributed by atoms with van der Waals surface area (Å²) in [5.41, 5.74) is 4.16. The van der Waals surface area contributed by atoms with Gasteiger partial charge in [0.25, 0.3) is 0 Å². The summed E-state index contributed by atoms with van der Waals surface area (Å²) in [5, 5.41) is 0.604. The second-order valence-corrected chi connectivity index (χ2v) is 5.86. The number of hydrogen-bond donors (Lipinski definition) is 0. The first-order chi connectivity index (χ1) is 11.7. The molecule has 0 saturated heterocycles. The molecule has 0 fully saturated rings. The summed E-state index contributed by atoms with van der Waals surface area (Å²) in [6.45, 7) is 2.04. The van der Waals surface area contributed by atoms with Crippen LogP contribution in [0.5, 0.6) is 0 Å². The maximum Gasteiger partial charge on any atom is 0.201 e. The first-order valence-electron chi connectivity index (χ1n) is 7.92. The number of fused-ring (bicyclic) bond motifs is 1. The summed E-state index contributed by atoms with van der Waals surface area (Å²) in [6.07, 6.45) is 0. The summed E-state index contributed by atoms with van der Waals surface area (Å²) in [5.74, 6) is 0.616. The molecule has 1 heterocycles. The third-order valence-electron chi connectivity index (χ3n) is 4.17. The van der Waals surface area contributed by atoms with Crippen molar-refractivity contribution in [2.75, 3.05) is 0 Å². The Bertz CT molecular complexity index is 1060. The summed E-state index contributed by atoms with van der Waals surface area (Å²) >= 11 is 0. The van der Waals surface area contributed by atoms with Crippen LogP contribution in [0.2, 0.25) is 0 Å². The van der Waals surface area contributed by atoms with Crippen LogP contribution in [0.15, 0.2) is 88.1 Å². The molecule has 4 rings (SSSR count). The van der Waals surface area contributed by atoms with Gasteiger partial charge in [-0.1, -0.05) is 72.3 Å². The topological polar surface area (TPSA) is 30.2 Å². The standard InChI is InChI=1S/C22H16O2/c1-15-11-13-17(14-12-15)22-20(16-7-3-2-4-8-16)21(23)18-9-5-6-10-19(18)24-22/h2-14H,1H3. The zero-order chi connectivity index (χ0) is 16.5. The lowest BCUT2D eigenvalue weighted by molar-refractivity contribution is 0.621. The monoisotopic (exact) mass is 312 g/mol. The Morgan fingerprint density at radius 3 is 2.12 bits per heavy atom. The zero-order valence-electron chi connectivity index (χ0n) is 13.3. The maximum atomic E-state index is 13.1. The third-order valence-corrected chi connectivity index (χ3v) is 4.17. The van der Waals surface area contributed by atoms with Crippen LogP contribution >= 0.6 is 0 Å². The van der Waals surface area contributed by atoms with Gasteiger partial charge in [0.05, 0.1) is 10.9 Å². The van der Waals surface area contributed by atoms with Crippen molar-refractivity contribution < 1.29 is 4.42 Å². The van der Waals surface area contributed by atoms with Gasteiger partial charge >= 0.3 is 0 Å². The van der Waals surface area contributed by atoms with Crippen molar-refractivity contribution in [2.45, 2.75) is 6.92 Å². The highest BCUT2D eigenvalue weighted by Gasteiger charge is 2.17. The van der Waals surface area contributed by atoms with Gasteiger partial charge < -0.3 is 4.42 Å². The Morgan fingerprint density at radius 2 is 1.38 bits per heavy atom. The molecule has 0 saturated carbocycles. The first-order valence-corrected chi connectivity index (χ1v) is 7.92. The van der Waals surface area contributed by atoms with Crippen molar-refractivity contribution >= 4 is 11.0 Å². The zero-order valence-corrected chi connectivity index (χ0v) is 13.3. The molecule has 0 amide bonds. The van der Waals surface area contributed by atoms with Crippen LogP contribution in [0.3, 0.4) is 0 Å². The van der Waals surface area contributed by atoms with E-state index in [4.69, 9.17) is 4.42 Å². The van der Waals surface area contributed by atoms with E-state index in [0.29, 0.717) is 22.3 Å². The van der Waals surface area contributed by atoms with Crippen molar-refractivity contribution in [3.63, 3.8) is 0 Å². The van der Waals surface area contributed by atoms with E-state index < -0.39 is 0 Å². The molecule has 0 bridgehead atoms. The van der Waals surface area contributed by atoms with Gasteiger partial charge in [-0.25, -0.2) is 0 Å². The lowest BCUT2D eigenvalue weighted by Crippen LogP contribution is -2.07. The minimum atomic E-state index is -0.00127. The molecule has 116 valence electrons. The van der Waals surface area contributed by atoms with Gasteiger partial charge in [-0.3, -0.25) is 4.79 Å². The molecular weight excluding hydrogens is 296 g/mol. The predicted molar refractivity (Wildman–Crippen MR) is 98.1 cm³/mol. The van der Waals surface area contributed by atoms with Crippen molar-refractivity contribution in [1.29, 1.82) is 0 Å². The Labute approximate surface area is 140 Å². The highest BCUT2D eigenvalue weighted by molar-refractivity contribution is 5.89.